The Balaban J connectivity index is 1.89. The van der Waals surface area contributed by atoms with Gasteiger partial charge in [-0.1, -0.05) is 45.0 Å². The van der Waals surface area contributed by atoms with E-state index in [2.05, 4.69) is 62.3 Å². The normalized spacial score (nSPS) is 12.8. The minimum Gasteiger partial charge on any atom is -0.444 e. The fourth-order valence-corrected chi connectivity index (χ4v) is 2.37. The van der Waals surface area contributed by atoms with Crippen LogP contribution in [0.4, 0.5) is 0 Å². The van der Waals surface area contributed by atoms with E-state index in [4.69, 9.17) is 4.42 Å². The van der Waals surface area contributed by atoms with Crippen molar-refractivity contribution < 1.29 is 4.42 Å². The van der Waals surface area contributed by atoms with Crippen LogP contribution < -0.4 is 5.32 Å². The van der Waals surface area contributed by atoms with E-state index < -0.39 is 0 Å². The van der Waals surface area contributed by atoms with Gasteiger partial charge < -0.3 is 9.73 Å². The van der Waals surface area contributed by atoms with E-state index in [1.54, 1.807) is 0 Å². The molecule has 0 saturated carbocycles. The van der Waals surface area contributed by atoms with Crippen molar-refractivity contribution in [3.8, 4) is 0 Å². The zero-order chi connectivity index (χ0) is 15.2. The highest BCUT2D eigenvalue weighted by molar-refractivity contribution is 5.25. The molecule has 114 valence electrons. The molecule has 1 N–H and O–H groups in total. The van der Waals surface area contributed by atoms with Gasteiger partial charge in [0.05, 0.1) is 12.7 Å². The van der Waals surface area contributed by atoms with Gasteiger partial charge in [0.15, 0.2) is 0 Å². The molecule has 0 aliphatic rings. The van der Waals surface area contributed by atoms with Crippen LogP contribution in [-0.4, -0.2) is 4.98 Å². The van der Waals surface area contributed by atoms with Crippen LogP contribution in [0.5, 0.6) is 0 Å². The molecule has 2 rings (SSSR count). The van der Waals surface area contributed by atoms with Crippen LogP contribution in [-0.2, 0) is 19.4 Å². The van der Waals surface area contributed by atoms with Crippen LogP contribution in [0, 0.1) is 5.92 Å². The molecule has 0 fully saturated rings. The summed E-state index contributed by atoms with van der Waals surface area (Å²) in [5.74, 6) is 2.40. The van der Waals surface area contributed by atoms with Crippen LogP contribution >= 0.6 is 0 Å². The van der Waals surface area contributed by atoms with Gasteiger partial charge in [-0.3, -0.25) is 0 Å². The molecule has 0 amide bonds. The fourth-order valence-electron chi connectivity index (χ4n) is 2.37. The molecule has 1 unspecified atom stereocenters. The average molecular weight is 286 g/mol. The molecule has 1 heterocycles. The molecule has 3 heteroatoms. The summed E-state index contributed by atoms with van der Waals surface area (Å²) in [4.78, 5) is 4.27. The minimum absolute atomic E-state index is 0.287. The molecule has 0 aliphatic carbocycles. The molecule has 0 spiro atoms. The molecular weight excluding hydrogens is 260 g/mol. The van der Waals surface area contributed by atoms with Gasteiger partial charge in [0.1, 0.15) is 5.76 Å². The first kappa shape index (κ1) is 15.8. The highest BCUT2D eigenvalue weighted by Crippen LogP contribution is 2.16. The summed E-state index contributed by atoms with van der Waals surface area (Å²) >= 11 is 0. The second-order valence-electron chi connectivity index (χ2n) is 6.02. The minimum atomic E-state index is 0.287. The number of aryl methyl sites for hydroxylation is 1. The molecule has 0 bridgehead atoms. The lowest BCUT2D eigenvalue weighted by Crippen LogP contribution is -2.18. The highest BCUT2D eigenvalue weighted by atomic mass is 16.4. The molecule has 2 aromatic rings. The van der Waals surface area contributed by atoms with Gasteiger partial charge >= 0.3 is 0 Å². The molecule has 1 aromatic carbocycles. The first-order chi connectivity index (χ1) is 10.1. The zero-order valence-electron chi connectivity index (χ0n) is 13.5. The maximum Gasteiger partial charge on any atom is 0.208 e. The number of nitrogens with one attached hydrogen (secondary N) is 1. The van der Waals surface area contributed by atoms with E-state index in [1.165, 1.54) is 11.1 Å². The van der Waals surface area contributed by atoms with Crippen molar-refractivity contribution in [1.29, 1.82) is 0 Å². The third-order valence-corrected chi connectivity index (χ3v) is 3.63. The number of hydrogen-bond donors (Lipinski definition) is 1. The van der Waals surface area contributed by atoms with E-state index in [1.807, 2.05) is 6.20 Å². The third-order valence-electron chi connectivity index (χ3n) is 3.63. The maximum atomic E-state index is 5.61. The van der Waals surface area contributed by atoms with Crippen molar-refractivity contribution in [1.82, 2.24) is 10.3 Å². The largest absolute Gasteiger partial charge is 0.444 e. The second-order valence-corrected chi connectivity index (χ2v) is 6.02. The predicted molar refractivity (Wildman–Crippen MR) is 86.1 cm³/mol. The summed E-state index contributed by atoms with van der Waals surface area (Å²) in [5, 5.41) is 3.46. The highest BCUT2D eigenvalue weighted by Gasteiger charge is 2.08. The lowest BCUT2D eigenvalue weighted by atomic mass is 10.00. The lowest BCUT2D eigenvalue weighted by Gasteiger charge is -2.14. The number of rotatable bonds is 7. The maximum absolute atomic E-state index is 5.61. The Bertz CT molecular complexity index is 543. The first-order valence-electron chi connectivity index (χ1n) is 7.84. The second kappa shape index (κ2) is 7.41. The number of aromatic nitrogens is 1. The summed E-state index contributed by atoms with van der Waals surface area (Å²) in [5.41, 5.74) is 2.70. The van der Waals surface area contributed by atoms with Crippen molar-refractivity contribution in [2.45, 2.75) is 53.1 Å². The molecule has 21 heavy (non-hydrogen) atoms. The van der Waals surface area contributed by atoms with Crippen LogP contribution in [0.3, 0.4) is 0 Å². The topological polar surface area (TPSA) is 38.1 Å². The van der Waals surface area contributed by atoms with Gasteiger partial charge in [0, 0.05) is 12.5 Å². The SMILES string of the molecule is CCc1cnc(CNC(C)c2ccc(CC(C)C)cc2)o1. The van der Waals surface area contributed by atoms with Gasteiger partial charge in [-0.05, 0) is 30.4 Å². The van der Waals surface area contributed by atoms with Gasteiger partial charge in [-0.15, -0.1) is 0 Å². The van der Waals surface area contributed by atoms with Crippen molar-refractivity contribution in [2.75, 3.05) is 0 Å². The Labute approximate surface area is 127 Å². The van der Waals surface area contributed by atoms with Gasteiger partial charge in [-0.2, -0.15) is 0 Å². The van der Waals surface area contributed by atoms with Gasteiger partial charge in [-0.25, -0.2) is 4.98 Å². The summed E-state index contributed by atoms with van der Waals surface area (Å²) in [7, 11) is 0. The van der Waals surface area contributed by atoms with E-state index in [0.29, 0.717) is 12.5 Å². The average Bonchev–Trinajstić information content (AvgIpc) is 2.93. The van der Waals surface area contributed by atoms with E-state index in [0.717, 1.165) is 24.5 Å². The summed E-state index contributed by atoms with van der Waals surface area (Å²) in [6, 6.07) is 9.17. The Morgan fingerprint density at radius 1 is 1.14 bits per heavy atom. The molecule has 0 saturated heterocycles. The van der Waals surface area contributed by atoms with E-state index in [-0.39, 0.29) is 6.04 Å². The Kier molecular flexibility index (Phi) is 5.57. The Hall–Kier alpha value is -1.61. The molecule has 1 atom stereocenters. The number of nitrogens with zero attached hydrogens (tertiary/aromatic N) is 1. The van der Waals surface area contributed by atoms with E-state index >= 15 is 0 Å². The molecular formula is C18H26N2O. The predicted octanol–water partition coefficient (Wildman–Crippen LogP) is 4.29. The fraction of sp³-hybridized carbons (Fsp3) is 0.500. The van der Waals surface area contributed by atoms with Crippen LogP contribution in [0.1, 0.15) is 56.5 Å². The van der Waals surface area contributed by atoms with Crippen molar-refractivity contribution >= 4 is 0 Å². The Morgan fingerprint density at radius 3 is 2.43 bits per heavy atom. The molecule has 1 aromatic heterocycles. The van der Waals surface area contributed by atoms with Crippen LogP contribution in [0.2, 0.25) is 0 Å². The quantitative estimate of drug-likeness (QED) is 0.825. The lowest BCUT2D eigenvalue weighted by molar-refractivity contribution is 0.424. The summed E-state index contributed by atoms with van der Waals surface area (Å²) in [6.45, 7) is 9.40. The third kappa shape index (κ3) is 4.71. The van der Waals surface area contributed by atoms with E-state index in [9.17, 15) is 0 Å². The van der Waals surface area contributed by atoms with Gasteiger partial charge in [0.25, 0.3) is 0 Å². The van der Waals surface area contributed by atoms with Crippen molar-refractivity contribution in [3.63, 3.8) is 0 Å². The first-order valence-corrected chi connectivity index (χ1v) is 7.84. The van der Waals surface area contributed by atoms with Crippen molar-refractivity contribution in [2.24, 2.45) is 5.92 Å². The monoisotopic (exact) mass is 286 g/mol. The number of benzene rings is 1. The van der Waals surface area contributed by atoms with Gasteiger partial charge in [0.2, 0.25) is 5.89 Å². The number of oxazole rings is 1. The molecule has 0 radical (unpaired) electrons. The van der Waals surface area contributed by atoms with Crippen LogP contribution in [0.25, 0.3) is 0 Å². The molecule has 0 aliphatic heterocycles. The number of hydrogen-bond acceptors (Lipinski definition) is 3. The smallest absolute Gasteiger partial charge is 0.208 e. The van der Waals surface area contributed by atoms with Crippen LogP contribution in [0.15, 0.2) is 34.9 Å². The van der Waals surface area contributed by atoms with Crippen molar-refractivity contribution in [3.05, 3.63) is 53.2 Å². The zero-order valence-corrected chi connectivity index (χ0v) is 13.5. The summed E-state index contributed by atoms with van der Waals surface area (Å²) in [6.07, 6.45) is 3.83. The summed E-state index contributed by atoms with van der Waals surface area (Å²) < 4.78 is 5.61. The molecule has 3 nitrogen and oxygen atoms in total. The Morgan fingerprint density at radius 2 is 1.86 bits per heavy atom. The standard InChI is InChI=1S/C18H26N2O/c1-5-17-11-20-18(21-17)12-19-14(4)16-8-6-15(7-9-16)10-13(2)3/h6-9,11,13-14,19H,5,10,12H2,1-4H3.